The van der Waals surface area contributed by atoms with Crippen LogP contribution in [-0.2, 0) is 4.79 Å². The lowest BCUT2D eigenvalue weighted by atomic mass is 9.33. The van der Waals surface area contributed by atoms with Crippen LogP contribution in [-0.4, -0.2) is 22.3 Å². The minimum Gasteiger partial charge on any atom is -0.481 e. The standard InChI is InChI=1S/C30H46O3/c1-18-10-15-30(25(32)33)17-16-28(6)20(24(30)19(18)2)8-9-22-27(5)13-12-23(31)26(3,4)21(27)11-14-29(22,28)7/h8,19,21-24,31H,1,9-17H2,2-7H3,(H,32,33)/t19-,21?,22?,23-,24-,27-,28+,29+,30-/m0/s1. The normalized spacial score (nSPS) is 53.1. The van der Waals surface area contributed by atoms with Crippen molar-refractivity contribution in [3.05, 3.63) is 23.8 Å². The third kappa shape index (κ3) is 2.69. The van der Waals surface area contributed by atoms with Crippen molar-refractivity contribution in [2.75, 3.05) is 0 Å². The maximum atomic E-state index is 12.8. The molecule has 0 aromatic heterocycles. The van der Waals surface area contributed by atoms with Gasteiger partial charge in [0.15, 0.2) is 0 Å². The number of carboxylic acids is 1. The third-order valence-corrected chi connectivity index (χ3v) is 13.0. The molecule has 2 N–H and O–H groups in total. The summed E-state index contributed by atoms with van der Waals surface area (Å²) < 4.78 is 0. The average Bonchev–Trinajstić information content (AvgIpc) is 2.74. The molecule has 0 radical (unpaired) electrons. The van der Waals surface area contributed by atoms with Crippen LogP contribution < -0.4 is 0 Å². The van der Waals surface area contributed by atoms with E-state index in [9.17, 15) is 15.0 Å². The summed E-state index contributed by atoms with van der Waals surface area (Å²) in [7, 11) is 0. The number of aliphatic hydroxyl groups excluding tert-OH is 1. The Labute approximate surface area is 201 Å². The van der Waals surface area contributed by atoms with E-state index in [1.165, 1.54) is 24.0 Å². The second kappa shape index (κ2) is 6.99. The fraction of sp³-hybridized carbons (Fsp3) is 0.833. The first-order chi connectivity index (χ1) is 15.3. The van der Waals surface area contributed by atoms with Crippen molar-refractivity contribution in [2.24, 2.45) is 50.7 Å². The smallest absolute Gasteiger partial charge is 0.310 e. The summed E-state index contributed by atoms with van der Waals surface area (Å²) in [5.74, 6) is 0.865. The van der Waals surface area contributed by atoms with Gasteiger partial charge in [-0.25, -0.2) is 0 Å². The molecule has 0 spiro atoms. The van der Waals surface area contributed by atoms with E-state index in [-0.39, 0.29) is 39.6 Å². The Morgan fingerprint density at radius 3 is 2.36 bits per heavy atom. The van der Waals surface area contributed by atoms with Gasteiger partial charge in [0.05, 0.1) is 11.5 Å². The summed E-state index contributed by atoms with van der Waals surface area (Å²) in [6.07, 6.45) is 11.1. The van der Waals surface area contributed by atoms with Gasteiger partial charge in [-0.15, -0.1) is 0 Å². The predicted octanol–water partition coefficient (Wildman–Crippen LogP) is 7.01. The van der Waals surface area contributed by atoms with Crippen LogP contribution in [0.25, 0.3) is 0 Å². The van der Waals surface area contributed by atoms with Gasteiger partial charge in [0.25, 0.3) is 0 Å². The van der Waals surface area contributed by atoms with Gasteiger partial charge in [-0.1, -0.05) is 65.3 Å². The van der Waals surface area contributed by atoms with Crippen LogP contribution in [0, 0.1) is 50.7 Å². The zero-order chi connectivity index (χ0) is 24.2. The second-order valence-electron chi connectivity index (χ2n) is 14.1. The van der Waals surface area contributed by atoms with Crippen molar-refractivity contribution < 1.29 is 15.0 Å². The van der Waals surface area contributed by atoms with Gasteiger partial charge in [-0.2, -0.15) is 0 Å². The van der Waals surface area contributed by atoms with E-state index in [0.717, 1.165) is 44.9 Å². The molecule has 0 bridgehead atoms. The summed E-state index contributed by atoms with van der Waals surface area (Å²) in [5, 5.41) is 21.4. The molecule has 0 aromatic carbocycles. The van der Waals surface area contributed by atoms with Crippen LogP contribution in [0.4, 0.5) is 0 Å². The number of hydrogen-bond donors (Lipinski definition) is 2. The summed E-state index contributed by atoms with van der Waals surface area (Å²) in [6.45, 7) is 18.8. The number of rotatable bonds is 1. The van der Waals surface area contributed by atoms with Gasteiger partial charge in [0.1, 0.15) is 0 Å². The number of hydrogen-bond acceptors (Lipinski definition) is 2. The van der Waals surface area contributed by atoms with Crippen LogP contribution >= 0.6 is 0 Å². The fourth-order valence-electron chi connectivity index (χ4n) is 10.6. The van der Waals surface area contributed by atoms with Crippen LogP contribution in [0.1, 0.15) is 99.3 Å². The van der Waals surface area contributed by atoms with Crippen molar-refractivity contribution >= 4 is 5.97 Å². The van der Waals surface area contributed by atoms with Crippen molar-refractivity contribution in [3.63, 3.8) is 0 Å². The van der Waals surface area contributed by atoms with Crippen LogP contribution in [0.3, 0.4) is 0 Å². The van der Waals surface area contributed by atoms with Gasteiger partial charge in [0.2, 0.25) is 0 Å². The van der Waals surface area contributed by atoms with Gasteiger partial charge in [-0.3, -0.25) is 4.79 Å². The van der Waals surface area contributed by atoms with Crippen LogP contribution in [0.15, 0.2) is 23.8 Å². The summed E-state index contributed by atoms with van der Waals surface area (Å²) in [5.41, 5.74) is 2.48. The lowest BCUT2D eigenvalue weighted by Crippen LogP contribution is -2.65. The van der Waals surface area contributed by atoms with Gasteiger partial charge < -0.3 is 10.2 Å². The Morgan fingerprint density at radius 1 is 1.00 bits per heavy atom. The molecule has 4 fully saturated rings. The van der Waals surface area contributed by atoms with E-state index in [1.54, 1.807) is 0 Å². The molecule has 0 heterocycles. The average molecular weight is 455 g/mol. The molecular weight excluding hydrogens is 408 g/mol. The van der Waals surface area contributed by atoms with E-state index in [0.29, 0.717) is 11.8 Å². The zero-order valence-corrected chi connectivity index (χ0v) is 21.8. The Bertz CT molecular complexity index is 916. The van der Waals surface area contributed by atoms with Crippen molar-refractivity contribution in [2.45, 2.75) is 105 Å². The van der Waals surface area contributed by atoms with E-state index < -0.39 is 11.4 Å². The molecule has 0 amide bonds. The molecule has 4 saturated carbocycles. The number of carboxylic acid groups (broad SMARTS) is 1. The number of carbonyl (C=O) groups is 1. The molecule has 3 nitrogen and oxygen atoms in total. The Kier molecular flexibility index (Phi) is 5.01. The molecule has 33 heavy (non-hydrogen) atoms. The Hall–Kier alpha value is -1.09. The predicted molar refractivity (Wildman–Crippen MR) is 133 cm³/mol. The fourth-order valence-corrected chi connectivity index (χ4v) is 10.6. The summed E-state index contributed by atoms with van der Waals surface area (Å²) in [6, 6.07) is 0. The van der Waals surface area contributed by atoms with Gasteiger partial charge in [0, 0.05) is 5.92 Å². The van der Waals surface area contributed by atoms with E-state index in [4.69, 9.17) is 0 Å². The van der Waals surface area contributed by atoms with E-state index >= 15 is 0 Å². The first-order valence-corrected chi connectivity index (χ1v) is 13.6. The maximum absolute atomic E-state index is 12.8. The van der Waals surface area contributed by atoms with Crippen molar-refractivity contribution in [1.29, 1.82) is 0 Å². The largest absolute Gasteiger partial charge is 0.481 e. The molecule has 9 atom stereocenters. The highest BCUT2D eigenvalue weighted by molar-refractivity contribution is 5.77. The third-order valence-electron chi connectivity index (χ3n) is 13.0. The highest BCUT2D eigenvalue weighted by Crippen LogP contribution is 2.75. The SMILES string of the molecule is C=C1CC[C@]2(C(=O)O)CC[C@]3(C)C(=CCC4[C@@]5(C)CC[C@H](O)C(C)(C)C5CC[C@]43C)[C@@H]2[C@H]1C. The molecule has 5 aliphatic rings. The molecule has 5 aliphatic carbocycles. The monoisotopic (exact) mass is 454 g/mol. The topological polar surface area (TPSA) is 57.5 Å². The van der Waals surface area contributed by atoms with Crippen molar-refractivity contribution in [1.82, 2.24) is 0 Å². The van der Waals surface area contributed by atoms with Crippen LogP contribution in [0.2, 0.25) is 0 Å². The maximum Gasteiger partial charge on any atom is 0.310 e. The Balaban J connectivity index is 1.62. The Morgan fingerprint density at radius 2 is 1.70 bits per heavy atom. The molecule has 184 valence electrons. The molecule has 2 unspecified atom stereocenters. The lowest BCUT2D eigenvalue weighted by molar-refractivity contribution is -0.204. The number of allylic oxidation sites excluding steroid dienone is 3. The highest BCUT2D eigenvalue weighted by atomic mass is 16.4. The van der Waals surface area contributed by atoms with Crippen LogP contribution in [0.5, 0.6) is 0 Å². The first-order valence-electron chi connectivity index (χ1n) is 13.6. The molecule has 0 aliphatic heterocycles. The summed E-state index contributed by atoms with van der Waals surface area (Å²) >= 11 is 0. The highest BCUT2D eigenvalue weighted by Gasteiger charge is 2.69. The minimum absolute atomic E-state index is 0.0413. The molecule has 5 rings (SSSR count). The number of aliphatic carboxylic acids is 1. The number of fused-ring (bicyclic) bond motifs is 7. The van der Waals surface area contributed by atoms with Gasteiger partial charge >= 0.3 is 5.97 Å². The number of aliphatic hydroxyl groups is 1. The zero-order valence-electron chi connectivity index (χ0n) is 21.8. The first kappa shape index (κ1) is 23.6. The van der Waals surface area contributed by atoms with E-state index in [2.05, 4.69) is 54.2 Å². The molecule has 3 heteroatoms. The lowest BCUT2D eigenvalue weighted by Gasteiger charge is -2.71. The second-order valence-corrected chi connectivity index (χ2v) is 14.1. The molecule has 0 saturated heterocycles. The summed E-state index contributed by atoms with van der Waals surface area (Å²) in [4.78, 5) is 12.8. The minimum atomic E-state index is -0.618. The van der Waals surface area contributed by atoms with Crippen molar-refractivity contribution in [3.8, 4) is 0 Å². The molecular formula is C30H46O3. The quantitative estimate of drug-likeness (QED) is 0.419. The molecule has 0 aromatic rings. The van der Waals surface area contributed by atoms with Gasteiger partial charge in [-0.05, 0) is 97.2 Å². The van der Waals surface area contributed by atoms with E-state index in [1.807, 2.05) is 0 Å².